The number of halogens is 1. The summed E-state index contributed by atoms with van der Waals surface area (Å²) < 4.78 is 32.9. The zero-order valence-electron chi connectivity index (χ0n) is 14.5. The van der Waals surface area contributed by atoms with Crippen LogP contribution in [-0.2, 0) is 14.8 Å². The molecule has 0 spiro atoms. The fourth-order valence-electron chi connectivity index (χ4n) is 2.76. The lowest BCUT2D eigenvalue weighted by Crippen LogP contribution is -2.41. The Kier molecular flexibility index (Phi) is 8.67. The van der Waals surface area contributed by atoms with Crippen LogP contribution in [0.1, 0.15) is 44.6 Å². The monoisotopic (exact) mass is 376 g/mol. The van der Waals surface area contributed by atoms with E-state index in [9.17, 15) is 8.42 Å². The number of nitrogens with zero attached hydrogens (tertiary/aromatic N) is 1. The van der Waals surface area contributed by atoms with Gasteiger partial charge in [-0.15, -0.1) is 12.4 Å². The third-order valence-corrected chi connectivity index (χ3v) is 6.16. The summed E-state index contributed by atoms with van der Waals surface area (Å²) in [5.74, 6) is 0.312. The molecule has 1 aromatic rings. The standard InChI is InChI=1S/C17H28N2O3S.ClH/c1-14(2)15-5-3-6-17(13-15)23(20,21)19-10-7-16(8-11-19)22-12-4-9-18;/h3,5-6,13-14,16H,4,7-12,18H2,1-2H3;1H. The van der Waals surface area contributed by atoms with Crippen LogP contribution in [0.2, 0.25) is 0 Å². The van der Waals surface area contributed by atoms with Crippen LogP contribution in [0.4, 0.5) is 0 Å². The number of ether oxygens (including phenoxy) is 1. The number of hydrogen-bond acceptors (Lipinski definition) is 4. The molecule has 138 valence electrons. The first-order valence-corrected chi connectivity index (χ1v) is 9.81. The lowest BCUT2D eigenvalue weighted by atomic mass is 10.0. The predicted octanol–water partition coefficient (Wildman–Crippen LogP) is 2.75. The average molecular weight is 377 g/mol. The van der Waals surface area contributed by atoms with Gasteiger partial charge in [0.15, 0.2) is 0 Å². The van der Waals surface area contributed by atoms with Crippen LogP contribution in [0.5, 0.6) is 0 Å². The number of nitrogens with two attached hydrogens (primary N) is 1. The molecule has 2 rings (SSSR count). The topological polar surface area (TPSA) is 72.6 Å². The van der Waals surface area contributed by atoms with E-state index in [1.807, 2.05) is 12.1 Å². The van der Waals surface area contributed by atoms with E-state index in [0.717, 1.165) is 24.8 Å². The maximum atomic E-state index is 12.8. The Balaban J connectivity index is 0.00000288. The minimum absolute atomic E-state index is 0. The van der Waals surface area contributed by atoms with Gasteiger partial charge in [-0.05, 0) is 49.4 Å². The van der Waals surface area contributed by atoms with Gasteiger partial charge in [0.1, 0.15) is 0 Å². The molecule has 1 heterocycles. The van der Waals surface area contributed by atoms with Crippen molar-refractivity contribution in [1.29, 1.82) is 0 Å². The molecule has 24 heavy (non-hydrogen) atoms. The van der Waals surface area contributed by atoms with Crippen LogP contribution in [-0.4, -0.2) is 45.1 Å². The van der Waals surface area contributed by atoms with E-state index in [0.29, 0.717) is 37.1 Å². The summed E-state index contributed by atoms with van der Waals surface area (Å²) in [5.41, 5.74) is 6.50. The van der Waals surface area contributed by atoms with Crippen molar-refractivity contribution in [2.24, 2.45) is 5.73 Å². The minimum atomic E-state index is -3.41. The Morgan fingerprint density at radius 2 is 1.96 bits per heavy atom. The van der Waals surface area contributed by atoms with E-state index in [-0.39, 0.29) is 18.5 Å². The Morgan fingerprint density at radius 3 is 2.54 bits per heavy atom. The van der Waals surface area contributed by atoms with Gasteiger partial charge < -0.3 is 10.5 Å². The second kappa shape index (κ2) is 9.73. The van der Waals surface area contributed by atoms with Gasteiger partial charge in [0.2, 0.25) is 10.0 Å². The summed E-state index contributed by atoms with van der Waals surface area (Å²) in [6.45, 7) is 6.44. The van der Waals surface area contributed by atoms with E-state index >= 15 is 0 Å². The Labute approximate surface area is 152 Å². The van der Waals surface area contributed by atoms with E-state index in [1.54, 1.807) is 16.4 Å². The molecule has 0 unspecified atom stereocenters. The van der Waals surface area contributed by atoms with Crippen LogP contribution in [0.15, 0.2) is 29.2 Å². The van der Waals surface area contributed by atoms with Crippen molar-refractivity contribution in [1.82, 2.24) is 4.31 Å². The quantitative estimate of drug-likeness (QED) is 0.742. The maximum Gasteiger partial charge on any atom is 0.243 e. The number of rotatable bonds is 7. The molecule has 1 aliphatic heterocycles. The van der Waals surface area contributed by atoms with Crippen molar-refractivity contribution in [3.8, 4) is 0 Å². The predicted molar refractivity (Wildman–Crippen MR) is 99.2 cm³/mol. The lowest BCUT2D eigenvalue weighted by Gasteiger charge is -2.31. The summed E-state index contributed by atoms with van der Waals surface area (Å²) in [6.07, 6.45) is 2.48. The summed E-state index contributed by atoms with van der Waals surface area (Å²) in [4.78, 5) is 0.395. The normalized spacial score (nSPS) is 17.0. The second-order valence-electron chi connectivity index (χ2n) is 6.34. The summed E-state index contributed by atoms with van der Waals surface area (Å²) in [6, 6.07) is 7.28. The van der Waals surface area contributed by atoms with Gasteiger partial charge in [-0.3, -0.25) is 0 Å². The van der Waals surface area contributed by atoms with Gasteiger partial charge in [0.05, 0.1) is 11.0 Å². The summed E-state index contributed by atoms with van der Waals surface area (Å²) in [5, 5.41) is 0. The van der Waals surface area contributed by atoms with Crippen molar-refractivity contribution in [2.75, 3.05) is 26.2 Å². The highest BCUT2D eigenvalue weighted by molar-refractivity contribution is 7.89. The number of piperidine rings is 1. The van der Waals surface area contributed by atoms with Crippen LogP contribution >= 0.6 is 12.4 Å². The molecule has 0 aromatic heterocycles. The Hall–Kier alpha value is -0.660. The molecule has 0 radical (unpaired) electrons. The smallest absolute Gasteiger partial charge is 0.243 e. The van der Waals surface area contributed by atoms with Crippen molar-refractivity contribution in [3.05, 3.63) is 29.8 Å². The van der Waals surface area contributed by atoms with Crippen molar-refractivity contribution >= 4 is 22.4 Å². The molecule has 0 bridgehead atoms. The van der Waals surface area contributed by atoms with Crippen LogP contribution < -0.4 is 5.73 Å². The highest BCUT2D eigenvalue weighted by Crippen LogP contribution is 2.24. The van der Waals surface area contributed by atoms with Gasteiger partial charge in [-0.1, -0.05) is 26.0 Å². The molecule has 0 saturated carbocycles. The molecule has 5 nitrogen and oxygen atoms in total. The SMILES string of the molecule is CC(C)c1cccc(S(=O)(=O)N2CCC(OCCCN)CC2)c1.Cl. The molecule has 0 aliphatic carbocycles. The number of sulfonamides is 1. The van der Waals surface area contributed by atoms with Crippen LogP contribution in [0.25, 0.3) is 0 Å². The first kappa shape index (κ1) is 21.4. The van der Waals surface area contributed by atoms with E-state index in [4.69, 9.17) is 10.5 Å². The highest BCUT2D eigenvalue weighted by atomic mass is 35.5. The molecule has 2 N–H and O–H groups in total. The third kappa shape index (κ3) is 5.43. The summed E-state index contributed by atoms with van der Waals surface area (Å²) >= 11 is 0. The Morgan fingerprint density at radius 1 is 1.29 bits per heavy atom. The molecular formula is C17H29ClN2O3S. The van der Waals surface area contributed by atoms with Crippen molar-refractivity contribution < 1.29 is 13.2 Å². The largest absolute Gasteiger partial charge is 0.378 e. The highest BCUT2D eigenvalue weighted by Gasteiger charge is 2.29. The zero-order valence-corrected chi connectivity index (χ0v) is 16.1. The third-order valence-electron chi connectivity index (χ3n) is 4.27. The van der Waals surface area contributed by atoms with Gasteiger partial charge in [-0.2, -0.15) is 4.31 Å². The molecule has 1 fully saturated rings. The average Bonchev–Trinajstić information content (AvgIpc) is 2.55. The summed E-state index contributed by atoms with van der Waals surface area (Å²) in [7, 11) is -3.41. The Bertz CT molecular complexity index is 600. The van der Waals surface area contributed by atoms with Crippen molar-refractivity contribution in [2.45, 2.75) is 50.0 Å². The van der Waals surface area contributed by atoms with Gasteiger partial charge in [-0.25, -0.2) is 8.42 Å². The van der Waals surface area contributed by atoms with Gasteiger partial charge in [0.25, 0.3) is 0 Å². The lowest BCUT2D eigenvalue weighted by molar-refractivity contribution is 0.0209. The molecule has 0 atom stereocenters. The fourth-order valence-corrected chi connectivity index (χ4v) is 4.28. The van der Waals surface area contributed by atoms with Crippen molar-refractivity contribution in [3.63, 3.8) is 0 Å². The molecule has 0 amide bonds. The first-order valence-electron chi connectivity index (χ1n) is 8.37. The van der Waals surface area contributed by atoms with Crippen LogP contribution in [0.3, 0.4) is 0 Å². The minimum Gasteiger partial charge on any atom is -0.378 e. The van der Waals surface area contributed by atoms with E-state index < -0.39 is 10.0 Å². The van der Waals surface area contributed by atoms with Gasteiger partial charge in [0, 0.05) is 19.7 Å². The van der Waals surface area contributed by atoms with Crippen LogP contribution in [0, 0.1) is 0 Å². The number of hydrogen-bond donors (Lipinski definition) is 1. The van der Waals surface area contributed by atoms with Gasteiger partial charge >= 0.3 is 0 Å². The number of benzene rings is 1. The second-order valence-corrected chi connectivity index (χ2v) is 8.28. The molecule has 1 aromatic carbocycles. The molecule has 1 saturated heterocycles. The van der Waals surface area contributed by atoms with E-state index in [2.05, 4.69) is 13.8 Å². The maximum absolute atomic E-state index is 12.8. The molecule has 1 aliphatic rings. The molecule has 7 heteroatoms. The van der Waals surface area contributed by atoms with E-state index in [1.165, 1.54) is 0 Å². The zero-order chi connectivity index (χ0) is 16.9. The first-order chi connectivity index (χ1) is 10.9. The molecular weight excluding hydrogens is 348 g/mol. The fraction of sp³-hybridized carbons (Fsp3) is 0.647.